The van der Waals surface area contributed by atoms with E-state index in [1.807, 2.05) is 0 Å². The summed E-state index contributed by atoms with van der Waals surface area (Å²) in [5, 5.41) is 6.10. The lowest BCUT2D eigenvalue weighted by atomic mass is 9.88. The Morgan fingerprint density at radius 2 is 1.49 bits per heavy atom. The van der Waals surface area contributed by atoms with Crippen molar-refractivity contribution in [3.05, 3.63) is 28.8 Å². The first-order valence-corrected chi connectivity index (χ1v) is 12.9. The zero-order valence-electron chi connectivity index (χ0n) is 22.4. The molecule has 0 spiro atoms. The number of piperidine rings is 1. The Morgan fingerprint density at radius 3 is 2.00 bits per heavy atom. The SMILES string of the molecule is COc1cc(C(F)(F)F)cc(C(F)(F)F)c1C(=O)NC1CCCCC1NC1CCN(C(=O)OC(C)(C)C)CC1. The van der Waals surface area contributed by atoms with Crippen LogP contribution >= 0.6 is 0 Å². The molecule has 1 aliphatic carbocycles. The summed E-state index contributed by atoms with van der Waals surface area (Å²) < 4.78 is 91.3. The molecular weight excluding hydrogens is 532 g/mol. The number of carbonyl (C=O) groups excluding carboxylic acids is 2. The van der Waals surface area contributed by atoms with Crippen LogP contribution in [0.4, 0.5) is 31.1 Å². The van der Waals surface area contributed by atoms with Crippen molar-refractivity contribution in [2.24, 2.45) is 0 Å². The van der Waals surface area contributed by atoms with Crippen LogP contribution in [0.15, 0.2) is 12.1 Å². The molecule has 2 atom stereocenters. The van der Waals surface area contributed by atoms with Crippen molar-refractivity contribution in [2.75, 3.05) is 20.2 Å². The van der Waals surface area contributed by atoms with E-state index < -0.39 is 58.4 Å². The Morgan fingerprint density at radius 1 is 0.897 bits per heavy atom. The van der Waals surface area contributed by atoms with Crippen molar-refractivity contribution in [1.82, 2.24) is 15.5 Å². The zero-order chi connectivity index (χ0) is 29.2. The third-order valence-electron chi connectivity index (χ3n) is 6.86. The van der Waals surface area contributed by atoms with Crippen molar-refractivity contribution in [3.63, 3.8) is 0 Å². The van der Waals surface area contributed by atoms with Gasteiger partial charge in [0.2, 0.25) is 0 Å². The zero-order valence-corrected chi connectivity index (χ0v) is 22.4. The predicted molar refractivity (Wildman–Crippen MR) is 130 cm³/mol. The highest BCUT2D eigenvalue weighted by molar-refractivity contribution is 5.99. The van der Waals surface area contributed by atoms with Gasteiger partial charge in [0.05, 0.1) is 23.8 Å². The fourth-order valence-electron chi connectivity index (χ4n) is 5.00. The van der Waals surface area contributed by atoms with Crippen LogP contribution in [-0.2, 0) is 17.1 Å². The summed E-state index contributed by atoms with van der Waals surface area (Å²) in [7, 11) is 0.918. The molecule has 1 aromatic carbocycles. The van der Waals surface area contributed by atoms with Crippen molar-refractivity contribution in [3.8, 4) is 5.75 Å². The van der Waals surface area contributed by atoms with E-state index in [0.29, 0.717) is 44.8 Å². The molecule has 1 aromatic rings. The Bertz CT molecular complexity index is 1030. The van der Waals surface area contributed by atoms with Gasteiger partial charge in [0.25, 0.3) is 5.91 Å². The number of amides is 2. The van der Waals surface area contributed by atoms with E-state index in [4.69, 9.17) is 9.47 Å². The van der Waals surface area contributed by atoms with Crippen LogP contribution in [0.25, 0.3) is 0 Å². The molecule has 0 bridgehead atoms. The minimum Gasteiger partial charge on any atom is -0.496 e. The largest absolute Gasteiger partial charge is 0.496 e. The molecule has 1 saturated heterocycles. The number of benzene rings is 1. The minimum atomic E-state index is -5.21. The number of likely N-dealkylation sites (tertiary alicyclic amines) is 1. The van der Waals surface area contributed by atoms with Gasteiger partial charge in [-0.3, -0.25) is 4.79 Å². The minimum absolute atomic E-state index is 0.0116. The van der Waals surface area contributed by atoms with Crippen LogP contribution in [0.1, 0.15) is 80.8 Å². The quantitative estimate of drug-likeness (QED) is 0.442. The van der Waals surface area contributed by atoms with Gasteiger partial charge in [0.1, 0.15) is 11.4 Å². The van der Waals surface area contributed by atoms with Crippen LogP contribution in [0.3, 0.4) is 0 Å². The van der Waals surface area contributed by atoms with E-state index in [-0.39, 0.29) is 18.2 Å². The highest BCUT2D eigenvalue weighted by Gasteiger charge is 2.42. The lowest BCUT2D eigenvalue weighted by Crippen LogP contribution is -2.56. The van der Waals surface area contributed by atoms with Gasteiger partial charge in [-0.05, 0) is 58.6 Å². The monoisotopic (exact) mass is 567 g/mol. The van der Waals surface area contributed by atoms with E-state index in [2.05, 4.69) is 10.6 Å². The van der Waals surface area contributed by atoms with E-state index >= 15 is 0 Å². The van der Waals surface area contributed by atoms with Crippen LogP contribution in [0.5, 0.6) is 5.75 Å². The van der Waals surface area contributed by atoms with Crippen molar-refractivity contribution < 1.29 is 45.4 Å². The van der Waals surface area contributed by atoms with Gasteiger partial charge in [0.15, 0.2) is 0 Å². The van der Waals surface area contributed by atoms with Gasteiger partial charge in [-0.2, -0.15) is 26.3 Å². The first-order valence-electron chi connectivity index (χ1n) is 12.9. The van der Waals surface area contributed by atoms with Crippen molar-refractivity contribution in [1.29, 1.82) is 0 Å². The Kier molecular flexibility index (Phi) is 9.34. The smallest absolute Gasteiger partial charge is 0.417 e. The van der Waals surface area contributed by atoms with Crippen molar-refractivity contribution >= 4 is 12.0 Å². The topological polar surface area (TPSA) is 79.9 Å². The number of nitrogens with zero attached hydrogens (tertiary/aromatic N) is 1. The number of carbonyl (C=O) groups is 2. The standard InChI is InChI=1S/C26H35F6N3O4/c1-24(2,3)39-23(37)35-11-9-16(10-12-35)33-18-7-5-6-8-19(18)34-22(36)21-17(26(30,31)32)13-15(25(27,28)29)14-20(21)38-4/h13-14,16,18-19,33H,5-12H2,1-4H3,(H,34,36). The van der Waals surface area contributed by atoms with Crippen LogP contribution in [0, 0.1) is 0 Å². The Balaban J connectivity index is 1.73. The second kappa shape index (κ2) is 11.8. The summed E-state index contributed by atoms with van der Waals surface area (Å²) in [6, 6.07) is -0.442. The molecule has 7 nitrogen and oxygen atoms in total. The van der Waals surface area contributed by atoms with Crippen LogP contribution in [-0.4, -0.2) is 60.8 Å². The molecule has 220 valence electrons. The van der Waals surface area contributed by atoms with Gasteiger partial charge < -0.3 is 25.0 Å². The lowest BCUT2D eigenvalue weighted by molar-refractivity contribution is -0.143. The number of ether oxygens (including phenoxy) is 2. The summed E-state index contributed by atoms with van der Waals surface area (Å²) in [4.78, 5) is 27.1. The molecule has 1 heterocycles. The average Bonchev–Trinajstić information content (AvgIpc) is 2.82. The van der Waals surface area contributed by atoms with E-state index in [9.17, 15) is 35.9 Å². The molecule has 2 aliphatic rings. The van der Waals surface area contributed by atoms with E-state index in [0.717, 1.165) is 20.0 Å². The summed E-state index contributed by atoms with van der Waals surface area (Å²) >= 11 is 0. The Labute approximate surface area is 223 Å². The first kappa shape index (κ1) is 30.8. The van der Waals surface area contributed by atoms with Crippen molar-refractivity contribution in [2.45, 2.75) is 95.4 Å². The maximum Gasteiger partial charge on any atom is 0.417 e. The number of methoxy groups -OCH3 is 1. The maximum absolute atomic E-state index is 13.8. The third kappa shape index (κ3) is 8.15. The molecule has 2 unspecified atom stereocenters. The second-order valence-corrected chi connectivity index (χ2v) is 11.0. The van der Waals surface area contributed by atoms with Crippen LogP contribution < -0.4 is 15.4 Å². The van der Waals surface area contributed by atoms with E-state index in [1.54, 1.807) is 25.7 Å². The normalized spacial score (nSPS) is 21.4. The number of hydrogen-bond acceptors (Lipinski definition) is 5. The first-order chi connectivity index (χ1) is 18.0. The van der Waals surface area contributed by atoms with Crippen LogP contribution in [0.2, 0.25) is 0 Å². The van der Waals surface area contributed by atoms with Gasteiger partial charge in [0, 0.05) is 31.2 Å². The summed E-state index contributed by atoms with van der Waals surface area (Å²) in [5.74, 6) is -1.95. The summed E-state index contributed by atoms with van der Waals surface area (Å²) in [6.07, 6.45) is -6.68. The number of nitrogens with one attached hydrogen (secondary N) is 2. The van der Waals surface area contributed by atoms with Gasteiger partial charge in [-0.15, -0.1) is 0 Å². The molecule has 2 N–H and O–H groups in total. The fourth-order valence-corrected chi connectivity index (χ4v) is 5.00. The molecule has 39 heavy (non-hydrogen) atoms. The molecule has 2 fully saturated rings. The van der Waals surface area contributed by atoms with Gasteiger partial charge in [-0.25, -0.2) is 4.79 Å². The number of hydrogen-bond donors (Lipinski definition) is 2. The fraction of sp³-hybridized carbons (Fsp3) is 0.692. The number of halogens is 6. The molecule has 0 radical (unpaired) electrons. The third-order valence-corrected chi connectivity index (χ3v) is 6.86. The number of alkyl halides is 6. The highest BCUT2D eigenvalue weighted by Crippen LogP contribution is 2.41. The maximum atomic E-state index is 13.8. The molecule has 13 heteroatoms. The molecule has 3 rings (SSSR count). The molecule has 2 amide bonds. The van der Waals surface area contributed by atoms with Gasteiger partial charge in [-0.1, -0.05) is 12.8 Å². The predicted octanol–water partition coefficient (Wildman–Crippen LogP) is 5.76. The number of rotatable bonds is 5. The lowest BCUT2D eigenvalue weighted by Gasteiger charge is -2.39. The summed E-state index contributed by atoms with van der Waals surface area (Å²) in [6.45, 7) is 6.29. The molecule has 0 aromatic heterocycles. The second-order valence-electron chi connectivity index (χ2n) is 11.0. The van der Waals surface area contributed by atoms with E-state index in [1.165, 1.54) is 0 Å². The summed E-state index contributed by atoms with van der Waals surface area (Å²) in [5.41, 5.74) is -4.85. The molecule has 1 saturated carbocycles. The van der Waals surface area contributed by atoms with Gasteiger partial charge >= 0.3 is 18.4 Å². The molecule has 1 aliphatic heterocycles. The highest BCUT2D eigenvalue weighted by atomic mass is 19.4. The molecular formula is C26H35F6N3O4. The average molecular weight is 568 g/mol. The Hall–Kier alpha value is -2.70.